The van der Waals surface area contributed by atoms with Gasteiger partial charge in [0.25, 0.3) is 5.91 Å². The maximum atomic E-state index is 12.3. The highest BCUT2D eigenvalue weighted by Crippen LogP contribution is 2.22. The number of nitrogens with zero attached hydrogens (tertiary/aromatic N) is 2. The molecular formula is C16H15N3O4. The molecule has 0 saturated carbocycles. The average molecular weight is 313 g/mol. The molecule has 0 aliphatic rings. The molecule has 2 aromatic heterocycles. The van der Waals surface area contributed by atoms with Crippen molar-refractivity contribution in [3.05, 3.63) is 58.7 Å². The lowest BCUT2D eigenvalue weighted by Gasteiger charge is -2.08. The van der Waals surface area contributed by atoms with Crippen molar-refractivity contribution >= 4 is 16.9 Å². The van der Waals surface area contributed by atoms with Crippen molar-refractivity contribution in [2.24, 2.45) is 0 Å². The van der Waals surface area contributed by atoms with Gasteiger partial charge in [0, 0.05) is 36.5 Å². The van der Waals surface area contributed by atoms with Crippen molar-refractivity contribution in [3.63, 3.8) is 0 Å². The molecule has 0 aliphatic carbocycles. The first-order valence-corrected chi connectivity index (χ1v) is 7.05. The van der Waals surface area contributed by atoms with Crippen LogP contribution in [0.1, 0.15) is 10.4 Å². The first kappa shape index (κ1) is 14.8. The quantitative estimate of drug-likeness (QED) is 0.720. The number of carbonyl (C=O) groups excluding carboxylic acids is 1. The lowest BCUT2D eigenvalue weighted by atomic mass is 10.1. The van der Waals surface area contributed by atoms with Gasteiger partial charge in [0.05, 0.1) is 19.2 Å². The summed E-state index contributed by atoms with van der Waals surface area (Å²) < 4.78 is 11.9. The standard InChI is InChI=1S/C16H15N3O4/c1-22-11-3-4-12-13(10-15(20)23-14(12)9-11)16(21)17-6-8-19-7-2-5-18-19/h2-5,7,9-10H,6,8H2,1H3,(H,17,21). The molecule has 0 unspecified atom stereocenters. The number of aromatic nitrogens is 2. The fourth-order valence-electron chi connectivity index (χ4n) is 2.27. The molecule has 2 heterocycles. The smallest absolute Gasteiger partial charge is 0.337 e. The Hall–Kier alpha value is -3.09. The van der Waals surface area contributed by atoms with Crippen LogP contribution in [0.4, 0.5) is 0 Å². The minimum atomic E-state index is -0.581. The van der Waals surface area contributed by atoms with E-state index in [-0.39, 0.29) is 11.5 Å². The Kier molecular flexibility index (Phi) is 4.09. The molecule has 7 heteroatoms. The summed E-state index contributed by atoms with van der Waals surface area (Å²) in [5, 5.41) is 7.39. The van der Waals surface area contributed by atoms with Gasteiger partial charge in [-0.15, -0.1) is 0 Å². The van der Waals surface area contributed by atoms with Gasteiger partial charge in [-0.1, -0.05) is 0 Å². The summed E-state index contributed by atoms with van der Waals surface area (Å²) in [6, 6.07) is 7.99. The summed E-state index contributed by atoms with van der Waals surface area (Å²) in [4.78, 5) is 24.0. The van der Waals surface area contributed by atoms with Crippen molar-refractivity contribution in [1.29, 1.82) is 0 Å². The molecule has 3 rings (SSSR count). The summed E-state index contributed by atoms with van der Waals surface area (Å²) in [5.74, 6) is 0.220. The van der Waals surface area contributed by atoms with E-state index in [2.05, 4.69) is 10.4 Å². The minimum Gasteiger partial charge on any atom is -0.497 e. The van der Waals surface area contributed by atoms with E-state index in [0.29, 0.717) is 29.8 Å². The predicted molar refractivity (Wildman–Crippen MR) is 83.6 cm³/mol. The molecule has 0 spiro atoms. The highest BCUT2D eigenvalue weighted by Gasteiger charge is 2.13. The molecule has 0 atom stereocenters. The molecule has 0 aliphatic heterocycles. The molecule has 0 bridgehead atoms. The molecule has 3 aromatic rings. The summed E-state index contributed by atoms with van der Waals surface area (Å²) in [6.45, 7) is 0.949. The van der Waals surface area contributed by atoms with Crippen LogP contribution in [0, 0.1) is 0 Å². The second kappa shape index (κ2) is 6.35. The van der Waals surface area contributed by atoms with E-state index in [1.165, 1.54) is 13.2 Å². The molecule has 0 radical (unpaired) electrons. The lowest BCUT2D eigenvalue weighted by molar-refractivity contribution is 0.0953. The number of ether oxygens (including phenoxy) is 1. The maximum absolute atomic E-state index is 12.3. The van der Waals surface area contributed by atoms with Gasteiger partial charge in [-0.05, 0) is 18.2 Å². The van der Waals surface area contributed by atoms with E-state index in [9.17, 15) is 9.59 Å². The zero-order valence-electron chi connectivity index (χ0n) is 12.5. The molecule has 7 nitrogen and oxygen atoms in total. The van der Waals surface area contributed by atoms with Gasteiger partial charge in [-0.2, -0.15) is 5.10 Å². The van der Waals surface area contributed by atoms with Crippen LogP contribution in [-0.2, 0) is 6.54 Å². The van der Waals surface area contributed by atoms with Gasteiger partial charge in [-0.3, -0.25) is 9.48 Å². The number of hydrogen-bond donors (Lipinski definition) is 1. The topological polar surface area (TPSA) is 86.4 Å². The molecule has 1 aromatic carbocycles. The van der Waals surface area contributed by atoms with Gasteiger partial charge in [0.15, 0.2) is 0 Å². The summed E-state index contributed by atoms with van der Waals surface area (Å²) >= 11 is 0. The molecule has 23 heavy (non-hydrogen) atoms. The van der Waals surface area contributed by atoms with Gasteiger partial charge < -0.3 is 14.5 Å². The fraction of sp³-hybridized carbons (Fsp3) is 0.188. The number of fused-ring (bicyclic) bond motifs is 1. The van der Waals surface area contributed by atoms with Crippen LogP contribution < -0.4 is 15.7 Å². The van der Waals surface area contributed by atoms with Crippen LogP contribution in [0.15, 0.2) is 51.9 Å². The number of benzene rings is 1. The Bertz CT molecular complexity index is 884. The summed E-state index contributed by atoms with van der Waals surface area (Å²) in [7, 11) is 1.52. The van der Waals surface area contributed by atoms with Crippen molar-refractivity contribution in [2.45, 2.75) is 6.54 Å². The second-order valence-electron chi connectivity index (χ2n) is 4.87. The summed E-state index contributed by atoms with van der Waals surface area (Å²) in [5.41, 5.74) is 0.0106. The predicted octanol–water partition coefficient (Wildman–Crippen LogP) is 1.43. The van der Waals surface area contributed by atoms with E-state index in [0.717, 1.165) is 0 Å². The van der Waals surface area contributed by atoms with Crippen LogP contribution in [0.25, 0.3) is 11.0 Å². The van der Waals surface area contributed by atoms with Gasteiger partial charge in [-0.25, -0.2) is 4.79 Å². The third kappa shape index (κ3) is 3.23. The molecule has 118 valence electrons. The first-order chi connectivity index (χ1) is 11.2. The van der Waals surface area contributed by atoms with Crippen LogP contribution in [-0.4, -0.2) is 29.3 Å². The lowest BCUT2D eigenvalue weighted by Crippen LogP contribution is -2.28. The minimum absolute atomic E-state index is 0.277. The van der Waals surface area contributed by atoms with Crippen LogP contribution >= 0.6 is 0 Å². The SMILES string of the molecule is COc1ccc2c(C(=O)NCCn3cccn3)cc(=O)oc2c1. The average Bonchev–Trinajstić information content (AvgIpc) is 3.06. The van der Waals surface area contributed by atoms with Crippen molar-refractivity contribution in [1.82, 2.24) is 15.1 Å². The largest absolute Gasteiger partial charge is 0.497 e. The monoisotopic (exact) mass is 313 g/mol. The van der Waals surface area contributed by atoms with Crippen molar-refractivity contribution in [3.8, 4) is 5.75 Å². The van der Waals surface area contributed by atoms with E-state index in [4.69, 9.17) is 9.15 Å². The second-order valence-corrected chi connectivity index (χ2v) is 4.87. The normalized spacial score (nSPS) is 10.7. The van der Waals surface area contributed by atoms with Gasteiger partial charge >= 0.3 is 5.63 Å². The Morgan fingerprint density at radius 1 is 1.39 bits per heavy atom. The third-order valence-corrected chi connectivity index (χ3v) is 3.38. The van der Waals surface area contributed by atoms with Crippen molar-refractivity contribution in [2.75, 3.05) is 13.7 Å². The van der Waals surface area contributed by atoms with Crippen LogP contribution in [0.5, 0.6) is 5.75 Å². The van der Waals surface area contributed by atoms with E-state index >= 15 is 0 Å². The number of hydrogen-bond acceptors (Lipinski definition) is 5. The molecule has 0 saturated heterocycles. The van der Waals surface area contributed by atoms with Crippen molar-refractivity contribution < 1.29 is 13.9 Å². The Balaban J connectivity index is 1.83. The Morgan fingerprint density at radius 3 is 3.00 bits per heavy atom. The van der Waals surface area contributed by atoms with Gasteiger partial charge in [0.1, 0.15) is 11.3 Å². The first-order valence-electron chi connectivity index (χ1n) is 7.05. The molecular weight excluding hydrogens is 298 g/mol. The van der Waals surface area contributed by atoms with E-state index in [1.807, 2.05) is 12.3 Å². The highest BCUT2D eigenvalue weighted by molar-refractivity contribution is 6.05. The van der Waals surface area contributed by atoms with Gasteiger partial charge in [0.2, 0.25) is 0 Å². The molecule has 1 N–H and O–H groups in total. The van der Waals surface area contributed by atoms with E-state index in [1.54, 1.807) is 29.1 Å². The number of nitrogens with one attached hydrogen (secondary N) is 1. The van der Waals surface area contributed by atoms with E-state index < -0.39 is 5.63 Å². The van der Waals surface area contributed by atoms with Crippen LogP contribution in [0.3, 0.4) is 0 Å². The third-order valence-electron chi connectivity index (χ3n) is 3.38. The number of methoxy groups -OCH3 is 1. The van der Waals surface area contributed by atoms with Crippen LogP contribution in [0.2, 0.25) is 0 Å². The Morgan fingerprint density at radius 2 is 2.26 bits per heavy atom. The zero-order chi connectivity index (χ0) is 16.2. The highest BCUT2D eigenvalue weighted by atomic mass is 16.5. The number of rotatable bonds is 5. The maximum Gasteiger partial charge on any atom is 0.337 e. The molecule has 0 fully saturated rings. The Labute approximate surface area is 131 Å². The molecule has 1 amide bonds. The zero-order valence-corrected chi connectivity index (χ0v) is 12.5. The number of amides is 1. The number of carbonyl (C=O) groups is 1. The summed E-state index contributed by atoms with van der Waals surface area (Å²) in [6.07, 6.45) is 3.48. The fourth-order valence-corrected chi connectivity index (χ4v) is 2.27.